The lowest BCUT2D eigenvalue weighted by molar-refractivity contribution is 0.0766. The van der Waals surface area contributed by atoms with Crippen molar-refractivity contribution in [1.29, 1.82) is 0 Å². The number of hydrogen-bond donors (Lipinski definition) is 1. The lowest BCUT2D eigenvalue weighted by Gasteiger charge is -2.30. The number of carbonyl (C=O) groups is 1. The van der Waals surface area contributed by atoms with E-state index in [0.717, 1.165) is 34.7 Å². The fourth-order valence-electron chi connectivity index (χ4n) is 3.59. The summed E-state index contributed by atoms with van der Waals surface area (Å²) in [5, 5.41) is 4.93. The van der Waals surface area contributed by atoms with E-state index in [0.29, 0.717) is 47.6 Å². The molecule has 146 valence electrons. The maximum absolute atomic E-state index is 13.0. The average molecular weight is 419 g/mol. The molecular formula is C20H20Cl2N4O2. The zero-order chi connectivity index (χ0) is 19.8. The van der Waals surface area contributed by atoms with Crippen LogP contribution < -0.4 is 5.73 Å². The number of rotatable bonds is 2. The molecule has 2 aliphatic rings. The van der Waals surface area contributed by atoms with E-state index in [9.17, 15) is 4.79 Å². The summed E-state index contributed by atoms with van der Waals surface area (Å²) in [4.78, 5) is 19.5. The minimum atomic E-state index is -0.119. The van der Waals surface area contributed by atoms with Gasteiger partial charge in [0.05, 0.1) is 15.8 Å². The lowest BCUT2D eigenvalue weighted by Crippen LogP contribution is -2.40. The quantitative estimate of drug-likeness (QED) is 0.804. The summed E-state index contributed by atoms with van der Waals surface area (Å²) in [6, 6.07) is 4.90. The molecule has 1 unspecified atom stereocenters. The molecule has 2 aliphatic heterocycles. The third kappa shape index (κ3) is 3.54. The molecule has 4 rings (SSSR count). The highest BCUT2D eigenvalue weighted by molar-refractivity contribution is 6.42. The average Bonchev–Trinajstić information content (AvgIpc) is 3.06. The minimum Gasteiger partial charge on any atom is -0.402 e. The van der Waals surface area contributed by atoms with Gasteiger partial charge >= 0.3 is 0 Å². The van der Waals surface area contributed by atoms with E-state index in [1.54, 1.807) is 29.4 Å². The van der Waals surface area contributed by atoms with Crippen molar-refractivity contribution in [2.75, 3.05) is 19.6 Å². The molecule has 3 heterocycles. The Kier molecular flexibility index (Phi) is 5.17. The number of aliphatic imine (C=N–C) groups is 1. The van der Waals surface area contributed by atoms with Crippen LogP contribution in [0.4, 0.5) is 0 Å². The summed E-state index contributed by atoms with van der Waals surface area (Å²) in [6.07, 6.45) is 3.10. The van der Waals surface area contributed by atoms with Gasteiger partial charge in [-0.25, -0.2) is 0 Å². The summed E-state index contributed by atoms with van der Waals surface area (Å²) >= 11 is 12.0. The third-order valence-electron chi connectivity index (χ3n) is 5.12. The smallest absolute Gasteiger partial charge is 0.254 e. The Labute approximate surface area is 173 Å². The van der Waals surface area contributed by atoms with Crippen molar-refractivity contribution in [3.05, 3.63) is 62.6 Å². The number of nitrogens with zero attached hydrogens (tertiary/aromatic N) is 3. The van der Waals surface area contributed by atoms with Crippen LogP contribution in [0.3, 0.4) is 0 Å². The predicted molar refractivity (Wildman–Crippen MR) is 109 cm³/mol. The summed E-state index contributed by atoms with van der Waals surface area (Å²) in [6.45, 7) is 3.72. The Morgan fingerprint density at radius 1 is 1.32 bits per heavy atom. The molecule has 1 aromatic carbocycles. The van der Waals surface area contributed by atoms with Gasteiger partial charge in [0.2, 0.25) is 0 Å². The maximum atomic E-state index is 13.0. The van der Waals surface area contributed by atoms with Crippen LogP contribution in [0.25, 0.3) is 0 Å². The molecule has 1 aromatic heterocycles. The Hall–Kier alpha value is -2.31. The fourth-order valence-corrected chi connectivity index (χ4v) is 3.89. The Morgan fingerprint density at radius 2 is 2.14 bits per heavy atom. The van der Waals surface area contributed by atoms with Gasteiger partial charge in [0.1, 0.15) is 12.0 Å². The van der Waals surface area contributed by atoms with Crippen LogP contribution in [0, 0.1) is 5.92 Å². The molecule has 2 aromatic rings. The number of hydrogen-bond acceptors (Lipinski definition) is 5. The topological polar surface area (TPSA) is 84.7 Å². The van der Waals surface area contributed by atoms with Crippen molar-refractivity contribution in [2.24, 2.45) is 16.6 Å². The summed E-state index contributed by atoms with van der Waals surface area (Å²) in [7, 11) is 0. The molecule has 1 atom stereocenters. The normalized spacial score (nSPS) is 19.9. The lowest BCUT2D eigenvalue weighted by atomic mass is 9.96. The summed E-state index contributed by atoms with van der Waals surface area (Å²) < 4.78 is 5.19. The first-order valence-electron chi connectivity index (χ1n) is 9.14. The zero-order valence-electron chi connectivity index (χ0n) is 15.4. The van der Waals surface area contributed by atoms with E-state index in [1.165, 1.54) is 0 Å². The summed E-state index contributed by atoms with van der Waals surface area (Å²) in [5.74, 6) is 0.265. The summed E-state index contributed by atoms with van der Waals surface area (Å²) in [5.41, 5.74) is 10.9. The first kappa shape index (κ1) is 19.0. The second kappa shape index (κ2) is 7.60. The molecule has 8 heteroatoms. The predicted octanol–water partition coefficient (Wildman–Crippen LogP) is 3.72. The van der Waals surface area contributed by atoms with Crippen LogP contribution in [0.2, 0.25) is 10.0 Å². The van der Waals surface area contributed by atoms with Crippen molar-refractivity contribution in [2.45, 2.75) is 19.8 Å². The van der Waals surface area contributed by atoms with Crippen LogP contribution >= 0.6 is 23.2 Å². The molecular weight excluding hydrogens is 399 g/mol. The van der Waals surface area contributed by atoms with Crippen LogP contribution in [0.15, 0.2) is 45.2 Å². The monoisotopic (exact) mass is 418 g/mol. The molecule has 2 N–H and O–H groups in total. The fraction of sp³-hybridized carbons (Fsp3) is 0.350. The number of nitrogens with two attached hydrogens (primary N) is 1. The first-order chi connectivity index (χ1) is 13.4. The van der Waals surface area contributed by atoms with Gasteiger partial charge in [-0.2, -0.15) is 0 Å². The van der Waals surface area contributed by atoms with E-state index >= 15 is 0 Å². The molecule has 0 saturated heterocycles. The van der Waals surface area contributed by atoms with E-state index in [4.69, 9.17) is 38.5 Å². The van der Waals surface area contributed by atoms with Gasteiger partial charge in [0.25, 0.3) is 5.91 Å². The van der Waals surface area contributed by atoms with Gasteiger partial charge < -0.3 is 15.2 Å². The van der Waals surface area contributed by atoms with Crippen LogP contribution in [0.1, 0.15) is 35.0 Å². The number of amides is 1. The highest BCUT2D eigenvalue weighted by Gasteiger charge is 2.30. The Bertz CT molecular complexity index is 996. The molecule has 0 bridgehead atoms. The van der Waals surface area contributed by atoms with Gasteiger partial charge in [-0.05, 0) is 30.5 Å². The van der Waals surface area contributed by atoms with Crippen molar-refractivity contribution in [3.8, 4) is 0 Å². The van der Waals surface area contributed by atoms with Crippen molar-refractivity contribution < 1.29 is 9.32 Å². The van der Waals surface area contributed by atoms with Gasteiger partial charge in [-0.1, -0.05) is 35.3 Å². The van der Waals surface area contributed by atoms with E-state index < -0.39 is 0 Å². The number of benzene rings is 1. The van der Waals surface area contributed by atoms with Gasteiger partial charge in [0.15, 0.2) is 0 Å². The molecule has 1 amide bonds. The number of fused-ring (bicyclic) bond motifs is 1. The van der Waals surface area contributed by atoms with Crippen molar-refractivity contribution in [1.82, 2.24) is 10.1 Å². The zero-order valence-corrected chi connectivity index (χ0v) is 16.9. The van der Waals surface area contributed by atoms with E-state index in [1.807, 2.05) is 0 Å². The second-order valence-electron chi connectivity index (χ2n) is 7.30. The van der Waals surface area contributed by atoms with Gasteiger partial charge in [-0.3, -0.25) is 9.79 Å². The molecule has 0 spiro atoms. The molecule has 0 aliphatic carbocycles. The second-order valence-corrected chi connectivity index (χ2v) is 8.11. The molecule has 0 saturated carbocycles. The molecule has 6 nitrogen and oxygen atoms in total. The van der Waals surface area contributed by atoms with Gasteiger partial charge in [-0.15, -0.1) is 0 Å². The Balaban J connectivity index is 1.64. The van der Waals surface area contributed by atoms with Gasteiger partial charge in [0, 0.05) is 48.5 Å². The molecule has 28 heavy (non-hydrogen) atoms. The van der Waals surface area contributed by atoms with Crippen LogP contribution in [0.5, 0.6) is 0 Å². The maximum Gasteiger partial charge on any atom is 0.254 e. The highest BCUT2D eigenvalue weighted by atomic mass is 35.5. The number of halogens is 2. The Morgan fingerprint density at radius 3 is 2.93 bits per heavy atom. The SMILES string of the molecule is CC1CN=C(C2=C(N)CCN(C(=O)c3ccc(Cl)c(Cl)c3)C2)c2nocc2C1. The standard InChI is InChI=1S/C20H20Cl2N4O2/c1-11-6-13-10-28-25-18(13)19(24-8-11)14-9-26(5-4-17(14)23)20(27)12-2-3-15(21)16(22)7-12/h2-3,7,10-11H,4-6,8-9,23H2,1H3. The van der Waals surface area contributed by atoms with E-state index in [2.05, 4.69) is 12.1 Å². The van der Waals surface area contributed by atoms with Crippen LogP contribution in [-0.4, -0.2) is 41.3 Å². The minimum absolute atomic E-state index is 0.119. The molecule has 0 radical (unpaired) electrons. The largest absolute Gasteiger partial charge is 0.402 e. The molecule has 0 fully saturated rings. The first-order valence-corrected chi connectivity index (χ1v) is 9.90. The van der Waals surface area contributed by atoms with E-state index in [-0.39, 0.29) is 5.91 Å². The van der Waals surface area contributed by atoms with Crippen molar-refractivity contribution in [3.63, 3.8) is 0 Å². The third-order valence-corrected chi connectivity index (χ3v) is 5.86. The number of carbonyl (C=O) groups excluding carboxylic acids is 1. The van der Waals surface area contributed by atoms with Crippen molar-refractivity contribution >= 4 is 34.8 Å². The highest BCUT2D eigenvalue weighted by Crippen LogP contribution is 2.27. The number of aromatic nitrogens is 1. The van der Waals surface area contributed by atoms with Crippen LogP contribution in [-0.2, 0) is 6.42 Å².